The lowest BCUT2D eigenvalue weighted by molar-refractivity contribution is -0.133. The van der Waals surface area contributed by atoms with Gasteiger partial charge in [-0.15, -0.1) is 0 Å². The molecular formula is C27H19F5O4. The molecule has 0 aliphatic heterocycles. The first-order valence-electron chi connectivity index (χ1n) is 11.0. The molecule has 36 heavy (non-hydrogen) atoms. The second-order valence-electron chi connectivity index (χ2n) is 8.21. The molecule has 0 spiro atoms. The van der Waals surface area contributed by atoms with Crippen molar-refractivity contribution >= 4 is 22.7 Å². The summed E-state index contributed by atoms with van der Waals surface area (Å²) < 4.78 is 72.6. The summed E-state index contributed by atoms with van der Waals surface area (Å²) in [6.07, 6.45) is -6.00. The van der Waals surface area contributed by atoms with Crippen LogP contribution in [0.25, 0.3) is 33.4 Å². The summed E-state index contributed by atoms with van der Waals surface area (Å²) in [7, 11) is 0. The van der Waals surface area contributed by atoms with Crippen molar-refractivity contribution in [2.24, 2.45) is 0 Å². The van der Waals surface area contributed by atoms with Gasteiger partial charge in [0.25, 0.3) is 0 Å². The molecule has 0 amide bonds. The summed E-state index contributed by atoms with van der Waals surface area (Å²) in [5.41, 5.74) is 0.642. The number of furan rings is 1. The minimum Gasteiger partial charge on any atom is -0.478 e. The van der Waals surface area contributed by atoms with Gasteiger partial charge >= 0.3 is 12.1 Å². The molecule has 0 saturated heterocycles. The van der Waals surface area contributed by atoms with Crippen LogP contribution in [0.1, 0.15) is 46.0 Å². The zero-order valence-electron chi connectivity index (χ0n) is 18.9. The molecule has 0 radical (unpaired) electrons. The first-order valence-corrected chi connectivity index (χ1v) is 11.0. The summed E-state index contributed by atoms with van der Waals surface area (Å²) in [6.45, 7) is 1.63. The molecule has 1 aromatic heterocycles. The van der Waals surface area contributed by atoms with E-state index in [-0.39, 0.29) is 45.8 Å². The number of carboxylic acid groups (broad SMARTS) is 1. The summed E-state index contributed by atoms with van der Waals surface area (Å²) in [5, 5.41) is 9.61. The van der Waals surface area contributed by atoms with Gasteiger partial charge in [-0.25, -0.2) is 13.6 Å². The van der Waals surface area contributed by atoms with E-state index in [0.717, 1.165) is 12.1 Å². The van der Waals surface area contributed by atoms with E-state index in [1.165, 1.54) is 42.5 Å². The fraction of sp³-hybridized carbons (Fsp3) is 0.185. The van der Waals surface area contributed by atoms with Gasteiger partial charge in [-0.3, -0.25) is 4.79 Å². The Morgan fingerprint density at radius 3 is 2.22 bits per heavy atom. The molecule has 3 aromatic carbocycles. The van der Waals surface area contributed by atoms with Crippen LogP contribution in [0.3, 0.4) is 0 Å². The van der Waals surface area contributed by atoms with Crippen molar-refractivity contribution in [1.82, 2.24) is 0 Å². The van der Waals surface area contributed by atoms with Gasteiger partial charge in [0, 0.05) is 23.8 Å². The van der Waals surface area contributed by atoms with E-state index in [0.29, 0.717) is 10.9 Å². The molecule has 4 aromatic rings. The van der Waals surface area contributed by atoms with Gasteiger partial charge in [0.05, 0.1) is 11.1 Å². The zero-order valence-corrected chi connectivity index (χ0v) is 18.9. The van der Waals surface area contributed by atoms with E-state index in [1.807, 2.05) is 0 Å². The Kier molecular flexibility index (Phi) is 6.67. The third kappa shape index (κ3) is 5.00. The number of Topliss-reactive ketones (excluding diaryl/α,β-unsaturated/α-hetero) is 1. The summed E-state index contributed by atoms with van der Waals surface area (Å²) in [4.78, 5) is 24.4. The van der Waals surface area contributed by atoms with Crippen LogP contribution in [-0.4, -0.2) is 23.0 Å². The molecule has 9 heteroatoms. The highest BCUT2D eigenvalue weighted by Gasteiger charge is 2.28. The minimum atomic E-state index is -4.47. The van der Waals surface area contributed by atoms with Crippen LogP contribution in [0.15, 0.2) is 59.0 Å². The first kappa shape index (κ1) is 25.1. The maximum atomic E-state index is 14.0. The smallest absolute Gasteiger partial charge is 0.389 e. The number of fused-ring (bicyclic) bond motifs is 1. The van der Waals surface area contributed by atoms with Crippen LogP contribution in [0, 0.1) is 11.6 Å². The summed E-state index contributed by atoms with van der Waals surface area (Å²) in [6, 6.07) is 11.3. The van der Waals surface area contributed by atoms with Gasteiger partial charge in [0.15, 0.2) is 5.78 Å². The number of hydrogen-bond donors (Lipinski definition) is 1. The normalized spacial score (nSPS) is 11.7. The molecule has 1 heterocycles. The van der Waals surface area contributed by atoms with Crippen molar-refractivity contribution in [3.8, 4) is 22.5 Å². The molecule has 1 N–H and O–H groups in total. The minimum absolute atomic E-state index is 0.0910. The van der Waals surface area contributed by atoms with Gasteiger partial charge < -0.3 is 9.52 Å². The first-order chi connectivity index (χ1) is 17.0. The molecule has 4 nitrogen and oxygen atoms in total. The number of ketones is 1. The number of benzene rings is 3. The van der Waals surface area contributed by atoms with E-state index >= 15 is 0 Å². The lowest BCUT2D eigenvalue weighted by Gasteiger charge is -2.13. The van der Waals surface area contributed by atoms with Crippen molar-refractivity contribution < 1.29 is 41.1 Å². The van der Waals surface area contributed by atoms with E-state index in [2.05, 4.69) is 0 Å². The summed E-state index contributed by atoms with van der Waals surface area (Å²) >= 11 is 0. The van der Waals surface area contributed by atoms with Gasteiger partial charge in [0.1, 0.15) is 23.0 Å². The fourth-order valence-corrected chi connectivity index (χ4v) is 4.05. The Hall–Kier alpha value is -4.01. The monoisotopic (exact) mass is 502 g/mol. The number of hydrogen-bond acceptors (Lipinski definition) is 3. The molecule has 0 atom stereocenters. The molecular weight excluding hydrogens is 483 g/mol. The topological polar surface area (TPSA) is 67.5 Å². The highest BCUT2D eigenvalue weighted by molar-refractivity contribution is 6.13. The van der Waals surface area contributed by atoms with Crippen molar-refractivity contribution in [3.05, 3.63) is 82.9 Å². The number of carbonyl (C=O) groups excluding carboxylic acids is 1. The lowest BCUT2D eigenvalue weighted by atomic mass is 9.92. The highest BCUT2D eigenvalue weighted by Crippen LogP contribution is 2.39. The second kappa shape index (κ2) is 9.56. The highest BCUT2D eigenvalue weighted by atomic mass is 19.4. The molecule has 0 bridgehead atoms. The van der Waals surface area contributed by atoms with Crippen LogP contribution < -0.4 is 0 Å². The predicted molar refractivity (Wildman–Crippen MR) is 123 cm³/mol. The Balaban J connectivity index is 2.00. The second-order valence-corrected chi connectivity index (χ2v) is 8.21. The van der Waals surface area contributed by atoms with Gasteiger partial charge in [-0.2, -0.15) is 13.2 Å². The molecule has 0 fully saturated rings. The average molecular weight is 502 g/mol. The Labute approximate surface area is 202 Å². The lowest BCUT2D eigenvalue weighted by Crippen LogP contribution is -2.09. The van der Waals surface area contributed by atoms with E-state index in [1.54, 1.807) is 6.92 Å². The SMILES string of the molecule is CCC(=O)c1c(-c2ccc(F)cc2)oc2cc(CCC(F)(F)F)c(-c3ccc(F)c(C(=O)O)c3)cc12. The van der Waals surface area contributed by atoms with Crippen molar-refractivity contribution in [1.29, 1.82) is 0 Å². The maximum Gasteiger partial charge on any atom is 0.389 e. The van der Waals surface area contributed by atoms with Crippen LogP contribution in [-0.2, 0) is 6.42 Å². The maximum absolute atomic E-state index is 14.0. The third-order valence-corrected chi connectivity index (χ3v) is 5.81. The van der Waals surface area contributed by atoms with Gasteiger partial charge in [-0.05, 0) is 71.6 Å². The van der Waals surface area contributed by atoms with Crippen LogP contribution in [0.4, 0.5) is 22.0 Å². The van der Waals surface area contributed by atoms with E-state index in [4.69, 9.17) is 4.42 Å². The number of halogens is 5. The number of aromatic carboxylic acids is 1. The molecule has 186 valence electrons. The predicted octanol–water partition coefficient (Wildman–Crippen LogP) is 7.83. The van der Waals surface area contributed by atoms with Crippen molar-refractivity contribution in [2.45, 2.75) is 32.4 Å². The number of rotatable bonds is 7. The molecule has 0 aliphatic rings. The zero-order chi connectivity index (χ0) is 26.2. The van der Waals surface area contributed by atoms with Crippen LogP contribution in [0.5, 0.6) is 0 Å². The van der Waals surface area contributed by atoms with Gasteiger partial charge in [0.2, 0.25) is 0 Å². The Bertz CT molecular complexity index is 1470. The number of alkyl halides is 3. The number of aryl methyl sites for hydroxylation is 1. The van der Waals surface area contributed by atoms with Crippen LogP contribution in [0.2, 0.25) is 0 Å². The molecule has 0 aliphatic carbocycles. The number of carbonyl (C=O) groups is 2. The third-order valence-electron chi connectivity index (χ3n) is 5.81. The fourth-order valence-electron chi connectivity index (χ4n) is 4.05. The van der Waals surface area contributed by atoms with E-state index in [9.17, 15) is 36.6 Å². The molecule has 0 saturated carbocycles. The number of carboxylic acids is 1. The van der Waals surface area contributed by atoms with E-state index < -0.39 is 42.2 Å². The Morgan fingerprint density at radius 1 is 0.944 bits per heavy atom. The molecule has 0 unspecified atom stereocenters. The van der Waals surface area contributed by atoms with Crippen LogP contribution >= 0.6 is 0 Å². The largest absolute Gasteiger partial charge is 0.478 e. The van der Waals surface area contributed by atoms with Gasteiger partial charge in [-0.1, -0.05) is 13.0 Å². The standard InChI is InChI=1S/C27H19F5O4/c1-2-22(33)24-20-13-18(15-5-8-21(29)19(11-15)26(34)35)16(9-10-27(30,31)32)12-23(20)36-25(24)14-3-6-17(28)7-4-14/h3-8,11-13H,2,9-10H2,1H3,(H,34,35). The molecule has 4 rings (SSSR count). The van der Waals surface area contributed by atoms with Crippen molar-refractivity contribution in [2.75, 3.05) is 0 Å². The average Bonchev–Trinajstić information content (AvgIpc) is 3.20. The van der Waals surface area contributed by atoms with Crippen molar-refractivity contribution in [3.63, 3.8) is 0 Å². The quantitative estimate of drug-likeness (QED) is 0.207. The summed E-state index contributed by atoms with van der Waals surface area (Å²) in [5.74, 6) is -3.20. The Morgan fingerprint density at radius 2 is 1.61 bits per heavy atom.